The Hall–Kier alpha value is -0.530. The number of hydrogen-bond acceptors (Lipinski definition) is 2. The topological polar surface area (TPSA) is 32.6 Å². The lowest BCUT2D eigenvalue weighted by Gasteiger charge is -1.91. The van der Waals surface area contributed by atoms with Crippen LogP contribution in [0, 0.1) is 17.8 Å². The van der Waals surface area contributed by atoms with Crippen molar-refractivity contribution in [2.75, 3.05) is 0 Å². The van der Waals surface area contributed by atoms with Gasteiger partial charge in [0.1, 0.15) is 0 Å². The molecule has 0 aromatic carbocycles. The fourth-order valence-corrected chi connectivity index (χ4v) is 2.18. The lowest BCUT2D eigenvalue weighted by molar-refractivity contribution is 0.319. The van der Waals surface area contributed by atoms with Gasteiger partial charge in [0.05, 0.1) is 0 Å². The summed E-state index contributed by atoms with van der Waals surface area (Å²) in [7, 11) is 0. The quantitative estimate of drug-likeness (QED) is 0.321. The van der Waals surface area contributed by atoms with Gasteiger partial charge in [0, 0.05) is 12.1 Å². The summed E-state index contributed by atoms with van der Waals surface area (Å²) in [5.41, 5.74) is 0. The van der Waals surface area contributed by atoms with E-state index in [-0.39, 0.29) is 0 Å². The van der Waals surface area contributed by atoms with Gasteiger partial charge in [0.25, 0.3) is 0 Å². The van der Waals surface area contributed by atoms with Crippen molar-refractivity contribution in [2.45, 2.75) is 19.3 Å². The molecule has 0 bridgehead atoms. The van der Waals surface area contributed by atoms with Gasteiger partial charge in [-0.2, -0.15) is 0 Å². The summed E-state index contributed by atoms with van der Waals surface area (Å²) in [5.74, 6) is 2.42. The van der Waals surface area contributed by atoms with E-state index in [4.69, 9.17) is 5.21 Å². The van der Waals surface area contributed by atoms with Crippen LogP contribution in [0.1, 0.15) is 19.3 Å². The highest BCUT2D eigenvalue weighted by molar-refractivity contribution is 5.65. The Morgan fingerprint density at radius 1 is 1.33 bits per heavy atom. The van der Waals surface area contributed by atoms with Crippen molar-refractivity contribution >= 4 is 6.21 Å². The predicted molar refractivity (Wildman–Crippen MR) is 34.6 cm³/mol. The number of rotatable bonds is 1. The first kappa shape index (κ1) is 5.27. The molecule has 50 valence electrons. The first-order valence-electron chi connectivity index (χ1n) is 3.61. The van der Waals surface area contributed by atoms with Gasteiger partial charge >= 0.3 is 0 Å². The largest absolute Gasteiger partial charge is 0.411 e. The molecule has 0 aromatic heterocycles. The lowest BCUT2D eigenvalue weighted by Crippen LogP contribution is -1.87. The van der Waals surface area contributed by atoms with Gasteiger partial charge in [-0.3, -0.25) is 0 Å². The summed E-state index contributed by atoms with van der Waals surface area (Å²) in [6.07, 6.45) is 5.82. The van der Waals surface area contributed by atoms with E-state index < -0.39 is 0 Å². The Bertz CT molecular complexity index is 134. The normalized spacial score (nSPS) is 47.8. The molecule has 9 heavy (non-hydrogen) atoms. The molecular weight excluding hydrogens is 114 g/mol. The smallest absolute Gasteiger partial charge is 0.0472 e. The van der Waals surface area contributed by atoms with Crippen LogP contribution in [-0.2, 0) is 0 Å². The Kier molecular flexibility index (Phi) is 1.01. The maximum absolute atomic E-state index is 8.20. The monoisotopic (exact) mass is 125 g/mol. The molecule has 2 saturated carbocycles. The predicted octanol–water partition coefficient (Wildman–Crippen LogP) is 1.49. The van der Waals surface area contributed by atoms with Gasteiger partial charge < -0.3 is 5.21 Å². The Labute approximate surface area is 54.6 Å². The molecule has 2 unspecified atom stereocenters. The second-order valence-electron chi connectivity index (χ2n) is 3.10. The molecule has 2 heteroatoms. The molecule has 2 aliphatic carbocycles. The molecule has 0 heterocycles. The van der Waals surface area contributed by atoms with Gasteiger partial charge in [-0.15, -0.1) is 5.16 Å². The Balaban J connectivity index is 1.94. The van der Waals surface area contributed by atoms with Crippen molar-refractivity contribution in [1.29, 1.82) is 0 Å². The highest BCUT2D eigenvalue weighted by atomic mass is 16.4. The van der Waals surface area contributed by atoms with E-state index in [0.29, 0.717) is 5.92 Å². The molecular formula is C7H11NO. The highest BCUT2D eigenvalue weighted by Gasteiger charge is 2.51. The van der Waals surface area contributed by atoms with Gasteiger partial charge in [-0.05, 0) is 24.7 Å². The average Bonchev–Trinajstić information content (AvgIpc) is 2.39. The minimum absolute atomic E-state index is 0.642. The average molecular weight is 125 g/mol. The molecule has 0 amide bonds. The molecule has 1 N–H and O–H groups in total. The number of oxime groups is 1. The van der Waals surface area contributed by atoms with Crippen molar-refractivity contribution in [2.24, 2.45) is 22.9 Å². The first-order valence-corrected chi connectivity index (χ1v) is 3.61. The maximum atomic E-state index is 8.20. The van der Waals surface area contributed by atoms with E-state index in [1.807, 2.05) is 0 Å². The number of fused-ring (bicyclic) bond motifs is 1. The minimum Gasteiger partial charge on any atom is -0.411 e. The molecule has 0 aromatic rings. The van der Waals surface area contributed by atoms with Crippen LogP contribution in [0.4, 0.5) is 0 Å². The van der Waals surface area contributed by atoms with Gasteiger partial charge in [-0.1, -0.05) is 6.42 Å². The van der Waals surface area contributed by atoms with Crippen LogP contribution < -0.4 is 0 Å². The van der Waals surface area contributed by atoms with E-state index in [1.54, 1.807) is 6.21 Å². The van der Waals surface area contributed by atoms with Gasteiger partial charge in [-0.25, -0.2) is 0 Å². The molecule has 2 aliphatic rings. The van der Waals surface area contributed by atoms with Gasteiger partial charge in [0.15, 0.2) is 0 Å². The fourth-order valence-electron chi connectivity index (χ4n) is 2.18. The molecule has 2 fully saturated rings. The van der Waals surface area contributed by atoms with E-state index in [9.17, 15) is 0 Å². The Morgan fingerprint density at radius 2 is 2.00 bits per heavy atom. The third kappa shape index (κ3) is 0.655. The van der Waals surface area contributed by atoms with Crippen LogP contribution in [0.25, 0.3) is 0 Å². The standard InChI is InChI=1S/C7H11NO/c9-8-4-7-5-2-1-3-6(5)7/h4-7,9H,1-3H2. The van der Waals surface area contributed by atoms with Gasteiger partial charge in [0.2, 0.25) is 0 Å². The van der Waals surface area contributed by atoms with Crippen molar-refractivity contribution < 1.29 is 5.21 Å². The van der Waals surface area contributed by atoms with Crippen molar-refractivity contribution in [3.05, 3.63) is 0 Å². The molecule has 0 aliphatic heterocycles. The lowest BCUT2D eigenvalue weighted by atomic mass is 10.2. The summed E-state index contributed by atoms with van der Waals surface area (Å²) in [5, 5.41) is 11.3. The molecule has 0 saturated heterocycles. The third-order valence-electron chi connectivity index (χ3n) is 2.71. The summed E-state index contributed by atoms with van der Waals surface area (Å²) in [4.78, 5) is 0. The zero-order valence-corrected chi connectivity index (χ0v) is 5.33. The third-order valence-corrected chi connectivity index (χ3v) is 2.71. The zero-order chi connectivity index (χ0) is 6.27. The summed E-state index contributed by atoms with van der Waals surface area (Å²) in [6.45, 7) is 0. The Morgan fingerprint density at radius 3 is 2.56 bits per heavy atom. The van der Waals surface area contributed by atoms with E-state index >= 15 is 0 Å². The van der Waals surface area contributed by atoms with Crippen LogP contribution in [0.5, 0.6) is 0 Å². The molecule has 0 radical (unpaired) electrons. The van der Waals surface area contributed by atoms with Crippen molar-refractivity contribution in [1.82, 2.24) is 0 Å². The van der Waals surface area contributed by atoms with Crippen LogP contribution in [-0.4, -0.2) is 11.4 Å². The second-order valence-corrected chi connectivity index (χ2v) is 3.10. The first-order chi connectivity index (χ1) is 4.43. The van der Waals surface area contributed by atoms with Crippen LogP contribution in [0.15, 0.2) is 5.16 Å². The van der Waals surface area contributed by atoms with Crippen LogP contribution in [0.3, 0.4) is 0 Å². The number of nitrogens with zero attached hydrogens (tertiary/aromatic N) is 1. The SMILES string of the molecule is ON=CC1C2CCCC12. The number of hydrogen-bond donors (Lipinski definition) is 1. The molecule has 0 spiro atoms. The minimum atomic E-state index is 0.642. The van der Waals surface area contributed by atoms with Crippen molar-refractivity contribution in [3.63, 3.8) is 0 Å². The van der Waals surface area contributed by atoms with Crippen LogP contribution in [0.2, 0.25) is 0 Å². The van der Waals surface area contributed by atoms with Crippen LogP contribution >= 0.6 is 0 Å². The highest BCUT2D eigenvalue weighted by Crippen LogP contribution is 2.56. The zero-order valence-electron chi connectivity index (χ0n) is 5.33. The molecule has 2 atom stereocenters. The summed E-state index contributed by atoms with van der Waals surface area (Å²) in [6, 6.07) is 0. The van der Waals surface area contributed by atoms with E-state index in [1.165, 1.54) is 19.3 Å². The fraction of sp³-hybridized carbons (Fsp3) is 0.857. The summed E-state index contributed by atoms with van der Waals surface area (Å²) >= 11 is 0. The van der Waals surface area contributed by atoms with Crippen molar-refractivity contribution in [3.8, 4) is 0 Å². The molecule has 2 nitrogen and oxygen atoms in total. The van der Waals surface area contributed by atoms with E-state index in [0.717, 1.165) is 11.8 Å². The molecule has 2 rings (SSSR count). The second kappa shape index (κ2) is 1.72. The van der Waals surface area contributed by atoms with E-state index in [2.05, 4.69) is 5.16 Å². The summed E-state index contributed by atoms with van der Waals surface area (Å²) < 4.78 is 0. The maximum Gasteiger partial charge on any atom is 0.0472 e.